The standard InChI is InChI=1S/C26H32N2OS.C2H6/c1-3-20(4-2)16-28-17-23-15-21(18-30-24-11-6-5-7-12-24)14-22-10-8-9-13-27-25(22)26(23)29-19-28;1-2/h5-7,9-13,15,20H,3-4,8,14,16-19H2,1-2H3;1-2H3. The lowest BCUT2D eigenvalue weighted by atomic mass is 10.0. The van der Waals surface area contributed by atoms with Crippen molar-refractivity contribution in [1.29, 1.82) is 0 Å². The molecule has 0 spiro atoms. The molecule has 172 valence electrons. The van der Waals surface area contributed by atoms with Crippen LogP contribution in [0.3, 0.4) is 0 Å². The molecule has 1 aliphatic carbocycles. The van der Waals surface area contributed by atoms with Gasteiger partial charge >= 0.3 is 0 Å². The molecule has 4 rings (SSSR count). The minimum absolute atomic E-state index is 0.660. The monoisotopic (exact) mass is 450 g/mol. The highest BCUT2D eigenvalue weighted by molar-refractivity contribution is 7.99. The van der Waals surface area contributed by atoms with Crippen LogP contribution in [0.4, 0.5) is 0 Å². The molecule has 1 aromatic carbocycles. The van der Waals surface area contributed by atoms with Gasteiger partial charge in [-0.25, -0.2) is 0 Å². The highest BCUT2D eigenvalue weighted by Crippen LogP contribution is 2.33. The number of aliphatic imine (C=N–C) groups is 1. The predicted octanol–water partition coefficient (Wildman–Crippen LogP) is 7.40. The molecule has 0 atom stereocenters. The van der Waals surface area contributed by atoms with Crippen molar-refractivity contribution in [3.05, 3.63) is 77.2 Å². The van der Waals surface area contributed by atoms with E-state index in [1.807, 2.05) is 31.8 Å². The Labute approximate surface area is 199 Å². The Kier molecular flexibility index (Phi) is 9.89. The van der Waals surface area contributed by atoms with Crippen molar-refractivity contribution in [3.8, 4) is 0 Å². The SMILES string of the molecule is CC.CCC(CC)CN1COC2=C(C=C(CSc3ccccc3)CC3=CCC=CN=C32)C1. The number of rotatable bonds is 7. The van der Waals surface area contributed by atoms with Gasteiger partial charge in [0.25, 0.3) is 0 Å². The minimum atomic E-state index is 0.660. The van der Waals surface area contributed by atoms with Crippen LogP contribution in [0.5, 0.6) is 0 Å². The summed E-state index contributed by atoms with van der Waals surface area (Å²) < 4.78 is 6.35. The maximum atomic E-state index is 6.35. The summed E-state index contributed by atoms with van der Waals surface area (Å²) in [6.45, 7) is 11.3. The third-order valence-corrected chi connectivity index (χ3v) is 7.16. The number of fused-ring (bicyclic) bond motifs is 2. The van der Waals surface area contributed by atoms with Crippen LogP contribution >= 0.6 is 11.8 Å². The number of thioether (sulfide) groups is 1. The molecule has 0 fully saturated rings. The lowest BCUT2D eigenvalue weighted by Gasteiger charge is -2.32. The first-order chi connectivity index (χ1) is 15.8. The van der Waals surface area contributed by atoms with Crippen LogP contribution in [-0.4, -0.2) is 36.2 Å². The second-order valence-corrected chi connectivity index (χ2v) is 9.28. The molecule has 4 heteroatoms. The van der Waals surface area contributed by atoms with Crippen molar-refractivity contribution in [2.75, 3.05) is 25.6 Å². The van der Waals surface area contributed by atoms with E-state index < -0.39 is 0 Å². The van der Waals surface area contributed by atoms with Crippen molar-refractivity contribution < 1.29 is 4.74 Å². The number of nitrogens with zero attached hydrogens (tertiary/aromatic N) is 2. The fraction of sp³-hybridized carbons (Fsp3) is 0.464. The Balaban J connectivity index is 0.00000141. The molecule has 1 aromatic rings. The van der Waals surface area contributed by atoms with Gasteiger partial charge in [-0.05, 0) is 36.5 Å². The second kappa shape index (κ2) is 12.9. The second-order valence-electron chi connectivity index (χ2n) is 8.23. The fourth-order valence-electron chi connectivity index (χ4n) is 4.23. The maximum Gasteiger partial charge on any atom is 0.151 e. The van der Waals surface area contributed by atoms with E-state index in [0.717, 1.165) is 49.1 Å². The first-order valence-corrected chi connectivity index (χ1v) is 13.1. The molecule has 0 aromatic heterocycles. The molecule has 0 saturated carbocycles. The van der Waals surface area contributed by atoms with Crippen molar-refractivity contribution in [3.63, 3.8) is 0 Å². The van der Waals surface area contributed by atoms with Crippen LogP contribution < -0.4 is 0 Å². The van der Waals surface area contributed by atoms with Gasteiger partial charge in [-0.15, -0.1) is 11.8 Å². The molecule has 3 aliphatic rings. The van der Waals surface area contributed by atoms with Crippen LogP contribution in [0.2, 0.25) is 0 Å². The summed E-state index contributed by atoms with van der Waals surface area (Å²) in [4.78, 5) is 8.56. The summed E-state index contributed by atoms with van der Waals surface area (Å²) in [5.74, 6) is 2.71. The summed E-state index contributed by atoms with van der Waals surface area (Å²) in [7, 11) is 0. The zero-order chi connectivity index (χ0) is 22.8. The van der Waals surface area contributed by atoms with E-state index in [1.165, 1.54) is 34.5 Å². The number of hydrogen-bond acceptors (Lipinski definition) is 4. The fourth-order valence-corrected chi connectivity index (χ4v) is 5.12. The average Bonchev–Trinajstić information content (AvgIpc) is 3.15. The molecular formula is C28H38N2OS. The highest BCUT2D eigenvalue weighted by atomic mass is 32.2. The molecule has 0 bridgehead atoms. The maximum absolute atomic E-state index is 6.35. The van der Waals surface area contributed by atoms with Crippen molar-refractivity contribution in [1.82, 2.24) is 4.90 Å². The molecule has 0 amide bonds. The summed E-state index contributed by atoms with van der Waals surface area (Å²) in [6, 6.07) is 10.7. The Bertz CT molecular complexity index is 891. The summed E-state index contributed by atoms with van der Waals surface area (Å²) in [6.07, 6.45) is 13.1. The van der Waals surface area contributed by atoms with E-state index in [-0.39, 0.29) is 0 Å². The lowest BCUT2D eigenvalue weighted by molar-refractivity contribution is 0.0559. The minimum Gasteiger partial charge on any atom is -0.476 e. The van der Waals surface area contributed by atoms with Crippen molar-refractivity contribution in [2.24, 2.45) is 10.9 Å². The number of benzene rings is 1. The lowest BCUT2D eigenvalue weighted by Crippen LogP contribution is -2.37. The van der Waals surface area contributed by atoms with Crippen LogP contribution in [0.15, 0.2) is 87.1 Å². The predicted molar refractivity (Wildman–Crippen MR) is 139 cm³/mol. The molecule has 2 heterocycles. The molecule has 2 aliphatic heterocycles. The van der Waals surface area contributed by atoms with Crippen LogP contribution in [-0.2, 0) is 4.74 Å². The number of allylic oxidation sites excluding steroid dienone is 3. The van der Waals surface area contributed by atoms with E-state index >= 15 is 0 Å². The van der Waals surface area contributed by atoms with Crippen LogP contribution in [0.25, 0.3) is 0 Å². The topological polar surface area (TPSA) is 24.8 Å². The molecule has 32 heavy (non-hydrogen) atoms. The van der Waals surface area contributed by atoms with E-state index in [0.29, 0.717) is 6.73 Å². The molecule has 3 nitrogen and oxygen atoms in total. The van der Waals surface area contributed by atoms with Crippen LogP contribution in [0, 0.1) is 5.92 Å². The number of ether oxygens (including phenoxy) is 1. The largest absolute Gasteiger partial charge is 0.476 e. The average molecular weight is 451 g/mol. The Hall–Kier alpha value is -2.04. The Morgan fingerprint density at radius 2 is 1.91 bits per heavy atom. The van der Waals surface area contributed by atoms with E-state index in [4.69, 9.17) is 9.73 Å². The highest BCUT2D eigenvalue weighted by Gasteiger charge is 2.28. The van der Waals surface area contributed by atoms with Gasteiger partial charge < -0.3 is 4.74 Å². The van der Waals surface area contributed by atoms with Crippen LogP contribution in [0.1, 0.15) is 53.4 Å². The van der Waals surface area contributed by atoms with E-state index in [1.54, 1.807) is 0 Å². The van der Waals surface area contributed by atoms with E-state index in [9.17, 15) is 0 Å². The molecule has 0 radical (unpaired) electrons. The summed E-state index contributed by atoms with van der Waals surface area (Å²) >= 11 is 1.91. The van der Waals surface area contributed by atoms with Crippen molar-refractivity contribution >= 4 is 17.5 Å². The molecule has 0 unspecified atom stereocenters. The first-order valence-electron chi connectivity index (χ1n) is 12.1. The van der Waals surface area contributed by atoms with Gasteiger partial charge in [0.15, 0.2) is 5.76 Å². The van der Waals surface area contributed by atoms with Gasteiger partial charge in [0.05, 0.1) is 0 Å². The third-order valence-electron chi connectivity index (χ3n) is 6.04. The van der Waals surface area contributed by atoms with Gasteiger partial charge in [-0.3, -0.25) is 9.89 Å². The van der Waals surface area contributed by atoms with Gasteiger partial charge in [0.1, 0.15) is 12.4 Å². The van der Waals surface area contributed by atoms with Gasteiger partial charge in [-0.2, -0.15) is 0 Å². The smallest absolute Gasteiger partial charge is 0.151 e. The zero-order valence-electron chi connectivity index (χ0n) is 20.1. The Morgan fingerprint density at radius 3 is 2.66 bits per heavy atom. The Morgan fingerprint density at radius 1 is 1.12 bits per heavy atom. The van der Waals surface area contributed by atoms with E-state index in [2.05, 4.69) is 67.3 Å². The first kappa shape index (κ1) is 24.6. The third kappa shape index (κ3) is 6.49. The quantitative estimate of drug-likeness (QED) is 0.405. The molecule has 0 saturated heterocycles. The summed E-state index contributed by atoms with van der Waals surface area (Å²) in [5, 5.41) is 0. The summed E-state index contributed by atoms with van der Waals surface area (Å²) in [5.41, 5.74) is 5.08. The van der Waals surface area contributed by atoms with Gasteiger partial charge in [0.2, 0.25) is 0 Å². The number of hydrogen-bond donors (Lipinski definition) is 0. The molecular weight excluding hydrogens is 412 g/mol. The zero-order valence-corrected chi connectivity index (χ0v) is 21.0. The van der Waals surface area contributed by atoms with Crippen molar-refractivity contribution in [2.45, 2.75) is 58.3 Å². The van der Waals surface area contributed by atoms with Gasteiger partial charge in [0, 0.05) is 35.5 Å². The normalized spacial score (nSPS) is 18.2. The molecule has 0 N–H and O–H groups in total. The van der Waals surface area contributed by atoms with Gasteiger partial charge in [-0.1, -0.05) is 82.5 Å².